The van der Waals surface area contributed by atoms with E-state index in [1.54, 1.807) is 20.8 Å². The summed E-state index contributed by atoms with van der Waals surface area (Å²) < 4.78 is 5.27. The summed E-state index contributed by atoms with van der Waals surface area (Å²) in [6.45, 7) is 9.66. The van der Waals surface area contributed by atoms with E-state index >= 15 is 0 Å². The van der Waals surface area contributed by atoms with Crippen LogP contribution in [0.3, 0.4) is 0 Å². The van der Waals surface area contributed by atoms with Crippen molar-refractivity contribution >= 4 is 12.1 Å². The smallest absolute Gasteiger partial charge is 0.408 e. The molecule has 0 aromatic carbocycles. The largest absolute Gasteiger partial charge is 0.481 e. The van der Waals surface area contributed by atoms with Crippen molar-refractivity contribution in [3.8, 4) is 0 Å². The van der Waals surface area contributed by atoms with Crippen LogP contribution in [0.1, 0.15) is 60.3 Å². The zero-order valence-electron chi connectivity index (χ0n) is 13.2. The van der Waals surface area contributed by atoms with Gasteiger partial charge in [-0.15, -0.1) is 0 Å². The fraction of sp³-hybridized carbons (Fsp3) is 0.867. The molecule has 5 nitrogen and oxygen atoms in total. The maximum absolute atomic E-state index is 12.0. The average molecular weight is 285 g/mol. The van der Waals surface area contributed by atoms with Crippen molar-refractivity contribution in [1.82, 2.24) is 5.32 Å². The Morgan fingerprint density at radius 1 is 1.30 bits per heavy atom. The van der Waals surface area contributed by atoms with E-state index in [2.05, 4.69) is 19.2 Å². The van der Waals surface area contributed by atoms with Crippen molar-refractivity contribution in [3.63, 3.8) is 0 Å². The van der Waals surface area contributed by atoms with Gasteiger partial charge >= 0.3 is 12.1 Å². The molecule has 0 heterocycles. The quantitative estimate of drug-likeness (QED) is 0.835. The van der Waals surface area contributed by atoms with Crippen molar-refractivity contribution in [2.24, 2.45) is 11.8 Å². The van der Waals surface area contributed by atoms with E-state index in [0.717, 1.165) is 6.42 Å². The van der Waals surface area contributed by atoms with Gasteiger partial charge < -0.3 is 15.2 Å². The topological polar surface area (TPSA) is 75.6 Å². The van der Waals surface area contributed by atoms with Crippen LogP contribution in [0.2, 0.25) is 0 Å². The van der Waals surface area contributed by atoms with Gasteiger partial charge in [-0.3, -0.25) is 4.79 Å². The molecule has 2 N–H and O–H groups in total. The summed E-state index contributed by atoms with van der Waals surface area (Å²) in [5.41, 5.74) is -1.26. The molecule has 1 aliphatic rings. The highest BCUT2D eigenvalue weighted by molar-refractivity contribution is 5.73. The minimum atomic E-state index is -0.886. The van der Waals surface area contributed by atoms with Gasteiger partial charge in [0.1, 0.15) is 5.60 Å². The molecule has 5 heteroatoms. The molecule has 0 spiro atoms. The monoisotopic (exact) mass is 285 g/mol. The van der Waals surface area contributed by atoms with E-state index in [0.29, 0.717) is 24.7 Å². The second kappa shape index (κ2) is 6.02. The van der Waals surface area contributed by atoms with Gasteiger partial charge in [-0.2, -0.15) is 0 Å². The Labute approximate surface area is 121 Å². The highest BCUT2D eigenvalue weighted by atomic mass is 16.6. The normalized spacial score (nSPS) is 30.6. The third kappa shape index (κ3) is 5.02. The summed E-state index contributed by atoms with van der Waals surface area (Å²) in [6, 6.07) is 0. The molecular weight excluding hydrogens is 258 g/mol. The molecule has 1 aliphatic carbocycles. The van der Waals surface area contributed by atoms with Crippen LogP contribution in [0.5, 0.6) is 0 Å². The van der Waals surface area contributed by atoms with Crippen molar-refractivity contribution in [1.29, 1.82) is 0 Å². The first kappa shape index (κ1) is 16.8. The molecule has 0 bridgehead atoms. The summed E-state index contributed by atoms with van der Waals surface area (Å²) in [4.78, 5) is 23.1. The number of carbonyl (C=O) groups is 2. The van der Waals surface area contributed by atoms with Crippen LogP contribution in [-0.2, 0) is 9.53 Å². The van der Waals surface area contributed by atoms with Crippen LogP contribution >= 0.6 is 0 Å². The lowest BCUT2D eigenvalue weighted by molar-refractivity contribution is -0.139. The molecule has 0 radical (unpaired) electrons. The molecule has 116 valence electrons. The molecule has 0 saturated heterocycles. The number of hydrogen-bond donors (Lipinski definition) is 2. The maximum Gasteiger partial charge on any atom is 0.408 e. The Bertz CT molecular complexity index is 375. The van der Waals surface area contributed by atoms with Gasteiger partial charge in [0.2, 0.25) is 0 Å². The third-order valence-corrected chi connectivity index (χ3v) is 4.02. The van der Waals surface area contributed by atoms with Crippen LogP contribution in [0, 0.1) is 11.8 Å². The summed E-state index contributed by atoms with van der Waals surface area (Å²) in [5.74, 6) is 0.0539. The molecule has 20 heavy (non-hydrogen) atoms. The number of nitrogens with one attached hydrogen (secondary N) is 1. The summed E-state index contributed by atoms with van der Waals surface area (Å²) in [7, 11) is 0. The Balaban J connectivity index is 2.79. The highest BCUT2D eigenvalue weighted by Gasteiger charge is 2.41. The lowest BCUT2D eigenvalue weighted by Gasteiger charge is -2.42. The maximum atomic E-state index is 12.0. The number of amides is 1. The summed E-state index contributed by atoms with van der Waals surface area (Å²) in [6.07, 6.45) is 1.71. The fourth-order valence-electron chi connectivity index (χ4n) is 2.84. The lowest BCUT2D eigenvalue weighted by Crippen LogP contribution is -2.54. The third-order valence-electron chi connectivity index (χ3n) is 4.02. The zero-order chi connectivity index (χ0) is 15.6. The van der Waals surface area contributed by atoms with Gasteiger partial charge in [0.25, 0.3) is 0 Å². The van der Waals surface area contributed by atoms with Crippen molar-refractivity contribution in [2.45, 2.75) is 71.4 Å². The molecule has 0 aromatic rings. The number of ether oxygens (including phenoxy) is 1. The Morgan fingerprint density at radius 2 is 1.90 bits per heavy atom. The van der Waals surface area contributed by atoms with Crippen LogP contribution < -0.4 is 5.32 Å². The van der Waals surface area contributed by atoms with Gasteiger partial charge in [0.05, 0.1) is 12.0 Å². The second-order valence-electron chi connectivity index (χ2n) is 7.18. The van der Waals surface area contributed by atoms with Crippen molar-refractivity contribution in [3.05, 3.63) is 0 Å². The molecule has 1 amide bonds. The number of carboxylic acid groups (broad SMARTS) is 1. The van der Waals surface area contributed by atoms with E-state index in [9.17, 15) is 9.59 Å². The Hall–Kier alpha value is -1.26. The van der Waals surface area contributed by atoms with Crippen LogP contribution in [0.25, 0.3) is 0 Å². The summed E-state index contributed by atoms with van der Waals surface area (Å²) >= 11 is 0. The van der Waals surface area contributed by atoms with Gasteiger partial charge in [0, 0.05) is 0 Å². The van der Waals surface area contributed by atoms with Crippen LogP contribution in [-0.4, -0.2) is 28.3 Å². The minimum Gasteiger partial charge on any atom is -0.481 e. The predicted molar refractivity (Wildman–Crippen MR) is 76.5 cm³/mol. The van der Waals surface area contributed by atoms with E-state index in [1.165, 1.54) is 0 Å². The number of aliphatic carboxylic acids is 1. The zero-order valence-corrected chi connectivity index (χ0v) is 13.2. The van der Waals surface area contributed by atoms with E-state index in [-0.39, 0.29) is 6.42 Å². The standard InChI is InChI=1S/C15H27NO4/c1-10-6-7-15(8-11(10)2,9-12(17)18)16-13(19)20-14(3,4)5/h10-11H,6-9H2,1-5H3,(H,16,19)(H,17,18). The van der Waals surface area contributed by atoms with E-state index < -0.39 is 23.2 Å². The fourth-order valence-corrected chi connectivity index (χ4v) is 2.84. The molecule has 0 aromatic heterocycles. The molecule has 3 unspecified atom stereocenters. The van der Waals surface area contributed by atoms with Gasteiger partial charge in [0.15, 0.2) is 0 Å². The Morgan fingerprint density at radius 3 is 2.35 bits per heavy atom. The Kier molecular flexibility index (Phi) is 5.05. The first-order chi connectivity index (χ1) is 9.03. The molecule has 3 atom stereocenters. The summed E-state index contributed by atoms with van der Waals surface area (Å²) in [5, 5.41) is 12.0. The number of alkyl carbamates (subject to hydrolysis) is 1. The van der Waals surface area contributed by atoms with Gasteiger partial charge in [-0.05, 0) is 51.9 Å². The SMILES string of the molecule is CC1CCC(CC(=O)O)(NC(=O)OC(C)(C)C)CC1C. The minimum absolute atomic E-state index is 0.0523. The number of carbonyl (C=O) groups excluding carboxylic acids is 1. The van der Waals surface area contributed by atoms with Crippen LogP contribution in [0.4, 0.5) is 4.79 Å². The highest BCUT2D eigenvalue weighted by Crippen LogP contribution is 2.38. The van der Waals surface area contributed by atoms with Crippen molar-refractivity contribution < 1.29 is 19.4 Å². The van der Waals surface area contributed by atoms with E-state index in [1.807, 2.05) is 0 Å². The number of hydrogen-bond acceptors (Lipinski definition) is 3. The lowest BCUT2D eigenvalue weighted by atomic mass is 9.70. The van der Waals surface area contributed by atoms with Gasteiger partial charge in [-0.1, -0.05) is 13.8 Å². The average Bonchev–Trinajstić information content (AvgIpc) is 2.20. The molecule has 1 saturated carbocycles. The molecule has 1 fully saturated rings. The van der Waals surface area contributed by atoms with Gasteiger partial charge in [-0.25, -0.2) is 4.79 Å². The number of carboxylic acids is 1. The first-order valence-electron chi connectivity index (χ1n) is 7.26. The van der Waals surface area contributed by atoms with Crippen LogP contribution in [0.15, 0.2) is 0 Å². The van der Waals surface area contributed by atoms with E-state index in [4.69, 9.17) is 9.84 Å². The van der Waals surface area contributed by atoms with Crippen molar-refractivity contribution in [2.75, 3.05) is 0 Å². The first-order valence-corrected chi connectivity index (χ1v) is 7.26. The number of rotatable bonds is 3. The molecular formula is C15H27NO4. The molecule has 1 rings (SSSR count). The predicted octanol–water partition coefficient (Wildman–Crippen LogP) is 3.18. The molecule has 0 aliphatic heterocycles. The second-order valence-corrected chi connectivity index (χ2v) is 7.18.